The van der Waals surface area contributed by atoms with Gasteiger partial charge in [-0.1, -0.05) is 11.2 Å². The summed E-state index contributed by atoms with van der Waals surface area (Å²) in [5, 5.41) is 16.8. The fourth-order valence-electron chi connectivity index (χ4n) is 1.47. The summed E-state index contributed by atoms with van der Waals surface area (Å²) < 4.78 is 5.42. The maximum absolute atomic E-state index is 11.1. The number of carboxylic acids is 1. The summed E-state index contributed by atoms with van der Waals surface area (Å²) in [5.41, 5.74) is 2.34. The molecular formula is C13H13N3O3. The number of hydrogen-bond donors (Lipinski definition) is 1. The van der Waals surface area contributed by atoms with Crippen molar-refractivity contribution in [3.63, 3.8) is 0 Å². The van der Waals surface area contributed by atoms with Crippen molar-refractivity contribution in [1.82, 2.24) is 15.2 Å². The van der Waals surface area contributed by atoms with Gasteiger partial charge in [0.15, 0.2) is 0 Å². The first-order valence-corrected chi connectivity index (χ1v) is 5.67. The molecule has 0 aliphatic rings. The van der Waals surface area contributed by atoms with Crippen LogP contribution < -0.4 is 4.74 Å². The number of aryl methyl sites for hydroxylation is 3. The second kappa shape index (κ2) is 5.01. The Labute approximate surface area is 110 Å². The third-order valence-corrected chi connectivity index (χ3v) is 2.64. The predicted octanol–water partition coefficient (Wildman–Crippen LogP) is 2.29. The van der Waals surface area contributed by atoms with Crippen LogP contribution in [0.25, 0.3) is 0 Å². The van der Waals surface area contributed by atoms with Crippen LogP contribution in [0.1, 0.15) is 27.3 Å². The van der Waals surface area contributed by atoms with Crippen molar-refractivity contribution in [3.8, 4) is 11.8 Å². The molecule has 0 spiro atoms. The SMILES string of the molecule is Cc1ccc(C(=O)O)c(Oc2nnc(C)c(C)n2)c1. The Morgan fingerprint density at radius 3 is 2.53 bits per heavy atom. The van der Waals surface area contributed by atoms with Crippen molar-refractivity contribution in [2.45, 2.75) is 20.8 Å². The second-order valence-electron chi connectivity index (χ2n) is 4.17. The maximum atomic E-state index is 11.1. The molecule has 6 nitrogen and oxygen atoms in total. The van der Waals surface area contributed by atoms with E-state index < -0.39 is 5.97 Å². The summed E-state index contributed by atoms with van der Waals surface area (Å²) in [6.07, 6.45) is 0. The van der Waals surface area contributed by atoms with E-state index in [1.54, 1.807) is 26.0 Å². The Morgan fingerprint density at radius 1 is 1.16 bits per heavy atom. The van der Waals surface area contributed by atoms with Crippen molar-refractivity contribution in [2.75, 3.05) is 0 Å². The summed E-state index contributed by atoms with van der Waals surface area (Å²) in [6.45, 7) is 5.41. The highest BCUT2D eigenvalue weighted by atomic mass is 16.5. The summed E-state index contributed by atoms with van der Waals surface area (Å²) in [4.78, 5) is 15.2. The lowest BCUT2D eigenvalue weighted by Gasteiger charge is -2.08. The van der Waals surface area contributed by atoms with E-state index in [1.165, 1.54) is 6.07 Å². The van der Waals surface area contributed by atoms with Crippen molar-refractivity contribution < 1.29 is 14.6 Å². The van der Waals surface area contributed by atoms with Gasteiger partial charge in [-0.15, -0.1) is 5.10 Å². The van der Waals surface area contributed by atoms with Gasteiger partial charge in [0.2, 0.25) is 0 Å². The minimum Gasteiger partial charge on any atom is -0.478 e. The van der Waals surface area contributed by atoms with E-state index in [4.69, 9.17) is 9.84 Å². The molecule has 2 aromatic rings. The maximum Gasteiger partial charge on any atom is 0.341 e. The van der Waals surface area contributed by atoms with Crippen molar-refractivity contribution in [2.24, 2.45) is 0 Å². The number of aromatic carboxylic acids is 1. The zero-order chi connectivity index (χ0) is 14.0. The lowest BCUT2D eigenvalue weighted by molar-refractivity contribution is 0.0694. The quantitative estimate of drug-likeness (QED) is 0.910. The van der Waals surface area contributed by atoms with Gasteiger partial charge in [-0.3, -0.25) is 0 Å². The minimum atomic E-state index is -1.06. The minimum absolute atomic E-state index is 0.0381. The van der Waals surface area contributed by atoms with E-state index in [9.17, 15) is 4.79 Å². The van der Waals surface area contributed by atoms with Crippen LogP contribution >= 0.6 is 0 Å². The Balaban J connectivity index is 2.39. The molecule has 0 aliphatic carbocycles. The number of aromatic nitrogens is 3. The highest BCUT2D eigenvalue weighted by Gasteiger charge is 2.14. The smallest absolute Gasteiger partial charge is 0.341 e. The van der Waals surface area contributed by atoms with Gasteiger partial charge < -0.3 is 9.84 Å². The number of ether oxygens (including phenoxy) is 1. The highest BCUT2D eigenvalue weighted by molar-refractivity contribution is 5.91. The molecule has 0 saturated carbocycles. The van der Waals surface area contributed by atoms with Gasteiger partial charge in [0.25, 0.3) is 0 Å². The van der Waals surface area contributed by atoms with Crippen LogP contribution in [-0.4, -0.2) is 26.3 Å². The monoisotopic (exact) mass is 259 g/mol. The number of rotatable bonds is 3. The molecule has 19 heavy (non-hydrogen) atoms. The molecular weight excluding hydrogens is 246 g/mol. The molecule has 0 unspecified atom stereocenters. The van der Waals surface area contributed by atoms with Crippen molar-refractivity contribution >= 4 is 5.97 Å². The fourth-order valence-corrected chi connectivity index (χ4v) is 1.47. The Kier molecular flexibility index (Phi) is 3.41. The average molecular weight is 259 g/mol. The molecule has 2 rings (SSSR count). The van der Waals surface area contributed by atoms with E-state index >= 15 is 0 Å². The number of nitrogens with zero attached hydrogens (tertiary/aromatic N) is 3. The predicted molar refractivity (Wildman–Crippen MR) is 67.5 cm³/mol. The fraction of sp³-hybridized carbons (Fsp3) is 0.231. The molecule has 0 amide bonds. The second-order valence-corrected chi connectivity index (χ2v) is 4.17. The molecule has 98 valence electrons. The number of benzene rings is 1. The third-order valence-electron chi connectivity index (χ3n) is 2.64. The lowest BCUT2D eigenvalue weighted by Crippen LogP contribution is -2.04. The molecule has 6 heteroatoms. The average Bonchev–Trinajstić information content (AvgIpc) is 2.33. The van der Waals surface area contributed by atoms with Gasteiger partial charge in [-0.05, 0) is 38.5 Å². The van der Waals surface area contributed by atoms with Crippen LogP contribution in [0.4, 0.5) is 0 Å². The van der Waals surface area contributed by atoms with Crippen molar-refractivity contribution in [1.29, 1.82) is 0 Å². The molecule has 1 N–H and O–H groups in total. The van der Waals surface area contributed by atoms with E-state index in [0.29, 0.717) is 11.4 Å². The van der Waals surface area contributed by atoms with Crippen LogP contribution in [0, 0.1) is 20.8 Å². The van der Waals surface area contributed by atoms with Crippen molar-refractivity contribution in [3.05, 3.63) is 40.7 Å². The first-order valence-electron chi connectivity index (χ1n) is 5.67. The molecule has 0 saturated heterocycles. The summed E-state index contributed by atoms with van der Waals surface area (Å²) >= 11 is 0. The topological polar surface area (TPSA) is 85.2 Å². The Bertz CT molecular complexity index is 641. The highest BCUT2D eigenvalue weighted by Crippen LogP contribution is 2.24. The number of carboxylic acid groups (broad SMARTS) is 1. The summed E-state index contributed by atoms with van der Waals surface area (Å²) in [6, 6.07) is 4.86. The van der Waals surface area contributed by atoms with E-state index in [2.05, 4.69) is 15.2 Å². The largest absolute Gasteiger partial charge is 0.478 e. The van der Waals surface area contributed by atoms with Crippen LogP contribution in [0.3, 0.4) is 0 Å². The van der Waals surface area contributed by atoms with Crippen LogP contribution in [-0.2, 0) is 0 Å². The molecule has 0 radical (unpaired) electrons. The Morgan fingerprint density at radius 2 is 1.89 bits per heavy atom. The van der Waals surface area contributed by atoms with Gasteiger partial charge in [0, 0.05) is 0 Å². The summed E-state index contributed by atoms with van der Waals surface area (Å²) in [7, 11) is 0. The summed E-state index contributed by atoms with van der Waals surface area (Å²) in [5.74, 6) is -0.857. The van der Waals surface area contributed by atoms with Gasteiger partial charge in [0.1, 0.15) is 11.3 Å². The van der Waals surface area contributed by atoms with E-state index in [-0.39, 0.29) is 17.3 Å². The Hall–Kier alpha value is -2.50. The molecule has 1 heterocycles. The first kappa shape index (κ1) is 12.9. The molecule has 0 fully saturated rings. The van der Waals surface area contributed by atoms with Gasteiger partial charge in [0.05, 0.1) is 11.4 Å². The van der Waals surface area contributed by atoms with Gasteiger partial charge in [-0.25, -0.2) is 4.79 Å². The molecule has 0 aliphatic heterocycles. The van der Waals surface area contributed by atoms with Crippen LogP contribution in [0.2, 0.25) is 0 Å². The molecule has 0 bridgehead atoms. The normalized spacial score (nSPS) is 10.3. The van der Waals surface area contributed by atoms with Gasteiger partial charge in [-0.2, -0.15) is 4.98 Å². The molecule has 1 aromatic carbocycles. The third kappa shape index (κ3) is 2.85. The van der Waals surface area contributed by atoms with Crippen LogP contribution in [0.15, 0.2) is 18.2 Å². The van der Waals surface area contributed by atoms with E-state index in [0.717, 1.165) is 5.56 Å². The zero-order valence-corrected chi connectivity index (χ0v) is 10.8. The zero-order valence-electron chi connectivity index (χ0n) is 10.8. The van der Waals surface area contributed by atoms with E-state index in [1.807, 2.05) is 6.92 Å². The number of hydrogen-bond acceptors (Lipinski definition) is 5. The molecule has 1 aromatic heterocycles. The number of carbonyl (C=O) groups is 1. The molecule has 0 atom stereocenters. The standard InChI is InChI=1S/C13H13N3O3/c1-7-4-5-10(12(17)18)11(6-7)19-13-14-8(2)9(3)15-16-13/h4-6H,1-3H3,(H,17,18). The first-order chi connectivity index (χ1) is 8.97. The van der Waals surface area contributed by atoms with Crippen LogP contribution in [0.5, 0.6) is 11.8 Å². The van der Waals surface area contributed by atoms with Gasteiger partial charge >= 0.3 is 12.0 Å². The lowest BCUT2D eigenvalue weighted by atomic mass is 10.1.